The van der Waals surface area contributed by atoms with Crippen molar-refractivity contribution in [3.8, 4) is 0 Å². The van der Waals surface area contributed by atoms with Gasteiger partial charge in [-0.15, -0.1) is 0 Å². The predicted octanol–water partition coefficient (Wildman–Crippen LogP) is 1.73. The lowest BCUT2D eigenvalue weighted by molar-refractivity contribution is 0.601. The number of nitrogens with two attached hydrogens (primary N) is 1. The maximum atomic E-state index is 12.5. The van der Waals surface area contributed by atoms with Crippen LogP contribution in [0.1, 0.15) is 16.8 Å². The smallest absolute Gasteiger partial charge is 0.264 e. The molecule has 6 nitrogen and oxygen atoms in total. The molecule has 7 heteroatoms. The van der Waals surface area contributed by atoms with E-state index in [1.165, 1.54) is 0 Å². The van der Waals surface area contributed by atoms with Crippen molar-refractivity contribution < 1.29 is 8.42 Å². The molecule has 2 rings (SSSR count). The largest absolute Gasteiger partial charge is 0.397 e. The Morgan fingerprint density at radius 2 is 1.80 bits per heavy atom. The SMILES string of the molecule is Cc1ccc(C)c(S(=O)(=O)Nc2cn(C)nc2C)c1N. The van der Waals surface area contributed by atoms with Crippen LogP contribution in [0.4, 0.5) is 11.4 Å². The zero-order valence-electron chi connectivity index (χ0n) is 11.9. The standard InChI is InChI=1S/C13H18N4O2S/c1-8-5-6-9(2)13(12(8)14)20(18,19)16-11-7-17(4)15-10(11)3/h5-7,16H,14H2,1-4H3. The van der Waals surface area contributed by atoms with Crippen molar-refractivity contribution >= 4 is 21.4 Å². The molecule has 0 amide bonds. The molecule has 1 heterocycles. The lowest BCUT2D eigenvalue weighted by atomic mass is 10.1. The van der Waals surface area contributed by atoms with Crippen molar-refractivity contribution in [2.45, 2.75) is 25.7 Å². The number of nitrogens with zero attached hydrogens (tertiary/aromatic N) is 2. The number of sulfonamides is 1. The van der Waals surface area contributed by atoms with E-state index >= 15 is 0 Å². The molecule has 0 saturated heterocycles. The van der Waals surface area contributed by atoms with E-state index in [4.69, 9.17) is 5.73 Å². The summed E-state index contributed by atoms with van der Waals surface area (Å²) in [6, 6.07) is 3.55. The molecule has 20 heavy (non-hydrogen) atoms. The number of anilines is 2. The van der Waals surface area contributed by atoms with Gasteiger partial charge in [-0.25, -0.2) is 8.42 Å². The Balaban J connectivity index is 2.52. The zero-order chi connectivity index (χ0) is 15.1. The maximum absolute atomic E-state index is 12.5. The second-order valence-electron chi connectivity index (χ2n) is 4.85. The van der Waals surface area contributed by atoms with Gasteiger partial charge in [0.1, 0.15) is 4.90 Å². The summed E-state index contributed by atoms with van der Waals surface area (Å²) in [5, 5.41) is 4.11. The summed E-state index contributed by atoms with van der Waals surface area (Å²) in [5.74, 6) is 0. The fraction of sp³-hybridized carbons (Fsp3) is 0.308. The van der Waals surface area contributed by atoms with Gasteiger partial charge in [0.05, 0.1) is 17.1 Å². The minimum absolute atomic E-state index is 0.126. The van der Waals surface area contributed by atoms with E-state index in [0.29, 0.717) is 16.9 Å². The first-order valence-electron chi connectivity index (χ1n) is 6.11. The number of benzene rings is 1. The summed E-state index contributed by atoms with van der Waals surface area (Å²) in [6.45, 7) is 5.24. The van der Waals surface area contributed by atoms with Gasteiger partial charge in [0.2, 0.25) is 0 Å². The lowest BCUT2D eigenvalue weighted by Gasteiger charge is -2.13. The molecule has 0 aliphatic carbocycles. The van der Waals surface area contributed by atoms with E-state index in [0.717, 1.165) is 5.56 Å². The van der Waals surface area contributed by atoms with Gasteiger partial charge in [-0.2, -0.15) is 5.10 Å². The molecule has 108 valence electrons. The molecule has 0 aliphatic rings. The van der Waals surface area contributed by atoms with E-state index in [1.54, 1.807) is 50.8 Å². The first-order valence-corrected chi connectivity index (χ1v) is 7.59. The Morgan fingerprint density at radius 1 is 1.20 bits per heavy atom. The number of hydrogen-bond donors (Lipinski definition) is 2. The molecule has 0 atom stereocenters. The number of nitrogens with one attached hydrogen (secondary N) is 1. The van der Waals surface area contributed by atoms with Crippen LogP contribution < -0.4 is 10.5 Å². The van der Waals surface area contributed by atoms with Crippen LogP contribution >= 0.6 is 0 Å². The number of rotatable bonds is 3. The number of hydrogen-bond acceptors (Lipinski definition) is 4. The van der Waals surface area contributed by atoms with Crippen molar-refractivity contribution in [3.63, 3.8) is 0 Å². The maximum Gasteiger partial charge on any atom is 0.264 e. The third-order valence-corrected chi connectivity index (χ3v) is 4.71. The Labute approximate surface area is 118 Å². The molecular formula is C13H18N4O2S. The van der Waals surface area contributed by atoms with Crippen LogP contribution in [0, 0.1) is 20.8 Å². The van der Waals surface area contributed by atoms with Crippen LogP contribution in [0.25, 0.3) is 0 Å². The van der Waals surface area contributed by atoms with Crippen molar-refractivity contribution in [1.29, 1.82) is 0 Å². The average Bonchev–Trinajstić information content (AvgIpc) is 2.62. The molecule has 1 aromatic heterocycles. The number of aryl methyl sites for hydroxylation is 4. The molecule has 0 spiro atoms. The van der Waals surface area contributed by atoms with Crippen LogP contribution in [0.15, 0.2) is 23.2 Å². The second-order valence-corrected chi connectivity index (χ2v) is 6.47. The first-order chi connectivity index (χ1) is 9.22. The van der Waals surface area contributed by atoms with Crippen molar-refractivity contribution in [2.24, 2.45) is 7.05 Å². The summed E-state index contributed by atoms with van der Waals surface area (Å²) in [7, 11) is -2.00. The summed E-state index contributed by atoms with van der Waals surface area (Å²) in [6.07, 6.45) is 1.62. The first kappa shape index (κ1) is 14.4. The monoisotopic (exact) mass is 294 g/mol. The average molecular weight is 294 g/mol. The van der Waals surface area contributed by atoms with Gasteiger partial charge in [-0.3, -0.25) is 9.40 Å². The number of aromatic nitrogens is 2. The van der Waals surface area contributed by atoms with Crippen molar-refractivity contribution in [3.05, 3.63) is 35.2 Å². The quantitative estimate of drug-likeness (QED) is 0.844. The summed E-state index contributed by atoms with van der Waals surface area (Å²) in [5.41, 5.74) is 8.61. The molecule has 0 saturated carbocycles. The fourth-order valence-corrected chi connectivity index (χ4v) is 3.59. The lowest BCUT2D eigenvalue weighted by Crippen LogP contribution is -2.17. The van der Waals surface area contributed by atoms with E-state index in [2.05, 4.69) is 9.82 Å². The molecular weight excluding hydrogens is 276 g/mol. The Hall–Kier alpha value is -2.02. The molecule has 0 unspecified atom stereocenters. The van der Waals surface area contributed by atoms with Crippen LogP contribution in [0.2, 0.25) is 0 Å². The Kier molecular flexibility index (Phi) is 3.47. The van der Waals surface area contributed by atoms with Gasteiger partial charge in [0.25, 0.3) is 10.0 Å². The third kappa shape index (κ3) is 2.49. The van der Waals surface area contributed by atoms with Gasteiger partial charge >= 0.3 is 0 Å². The molecule has 0 fully saturated rings. The minimum Gasteiger partial charge on any atom is -0.397 e. The van der Waals surface area contributed by atoms with Gasteiger partial charge in [0, 0.05) is 13.2 Å². The zero-order valence-corrected chi connectivity index (χ0v) is 12.7. The van der Waals surface area contributed by atoms with E-state index < -0.39 is 10.0 Å². The van der Waals surface area contributed by atoms with Gasteiger partial charge in [-0.1, -0.05) is 12.1 Å². The van der Waals surface area contributed by atoms with Crippen LogP contribution in [-0.2, 0) is 17.1 Å². The number of nitrogen functional groups attached to an aromatic ring is 1. The summed E-state index contributed by atoms with van der Waals surface area (Å²) in [4.78, 5) is 0.126. The molecule has 0 radical (unpaired) electrons. The van der Waals surface area contributed by atoms with Gasteiger partial charge < -0.3 is 5.73 Å². The van der Waals surface area contributed by atoms with E-state index in [9.17, 15) is 8.42 Å². The third-order valence-electron chi connectivity index (χ3n) is 3.14. The molecule has 0 aliphatic heterocycles. The van der Waals surface area contributed by atoms with Crippen LogP contribution in [-0.4, -0.2) is 18.2 Å². The highest BCUT2D eigenvalue weighted by atomic mass is 32.2. The highest BCUT2D eigenvalue weighted by molar-refractivity contribution is 7.93. The van der Waals surface area contributed by atoms with Gasteiger partial charge in [0.15, 0.2) is 0 Å². The molecule has 1 aromatic carbocycles. The summed E-state index contributed by atoms with van der Waals surface area (Å²) >= 11 is 0. The normalized spacial score (nSPS) is 11.6. The predicted molar refractivity (Wildman–Crippen MR) is 79.1 cm³/mol. The molecule has 0 bridgehead atoms. The fourth-order valence-electron chi connectivity index (χ4n) is 2.06. The van der Waals surface area contributed by atoms with Crippen molar-refractivity contribution in [1.82, 2.24) is 9.78 Å². The molecule has 3 N–H and O–H groups in total. The van der Waals surface area contributed by atoms with Crippen LogP contribution in [0.3, 0.4) is 0 Å². The second kappa shape index (κ2) is 4.82. The Bertz CT molecular complexity index is 763. The van der Waals surface area contributed by atoms with Gasteiger partial charge in [-0.05, 0) is 31.9 Å². The van der Waals surface area contributed by atoms with Crippen molar-refractivity contribution in [2.75, 3.05) is 10.5 Å². The highest BCUT2D eigenvalue weighted by Gasteiger charge is 2.22. The Morgan fingerprint density at radius 3 is 2.35 bits per heavy atom. The summed E-state index contributed by atoms with van der Waals surface area (Å²) < 4.78 is 29.2. The topological polar surface area (TPSA) is 90.0 Å². The van der Waals surface area contributed by atoms with E-state index in [1.807, 2.05) is 0 Å². The van der Waals surface area contributed by atoms with E-state index in [-0.39, 0.29) is 10.6 Å². The minimum atomic E-state index is -3.73. The van der Waals surface area contributed by atoms with Crippen LogP contribution in [0.5, 0.6) is 0 Å². The highest BCUT2D eigenvalue weighted by Crippen LogP contribution is 2.28. The molecule has 2 aromatic rings.